The van der Waals surface area contributed by atoms with Crippen molar-refractivity contribution in [3.63, 3.8) is 0 Å². The third-order valence-corrected chi connectivity index (χ3v) is 2.68. The van der Waals surface area contributed by atoms with Crippen LogP contribution in [0.4, 0.5) is 18.9 Å². The van der Waals surface area contributed by atoms with Crippen molar-refractivity contribution in [2.45, 2.75) is 6.18 Å². The monoisotopic (exact) mass is 336 g/mol. The van der Waals surface area contributed by atoms with Crippen molar-refractivity contribution in [1.29, 1.82) is 0 Å². The molecule has 0 amide bonds. The smallest absolute Gasteiger partial charge is 0.434 e. The zero-order chi connectivity index (χ0) is 14.6. The molecule has 1 rings (SSSR count). The minimum Gasteiger partial charge on any atom is -0.478 e. The lowest BCUT2D eigenvalue weighted by Crippen LogP contribution is -2.29. The van der Waals surface area contributed by atoms with E-state index >= 15 is 0 Å². The summed E-state index contributed by atoms with van der Waals surface area (Å²) >= 11 is 3.03. The predicted molar refractivity (Wildman–Crippen MR) is 67.2 cm³/mol. The van der Waals surface area contributed by atoms with Crippen molar-refractivity contribution >= 4 is 33.3 Å². The molecule has 0 aliphatic carbocycles. The van der Waals surface area contributed by atoms with Crippen LogP contribution in [0.2, 0.25) is 0 Å². The third-order valence-electron chi connectivity index (χ3n) is 2.01. The standard InChI is InChI=1S/C11H8BrF3N2O2/c12-7-3-1-2-4-8(7)17-9(11(13,14)15)6(5-16)10(18)19/h1-5H,16H2,(H,18,19). The number of nitrogens with two attached hydrogens (primary N) is 1. The fraction of sp³-hybridized carbons (Fsp3) is 0.0909. The average molecular weight is 337 g/mol. The van der Waals surface area contributed by atoms with Crippen LogP contribution in [0.25, 0.3) is 0 Å². The second-order valence-electron chi connectivity index (χ2n) is 3.30. The Morgan fingerprint density at radius 3 is 2.37 bits per heavy atom. The lowest BCUT2D eigenvalue weighted by Gasteiger charge is -2.11. The molecule has 0 unspecified atom stereocenters. The summed E-state index contributed by atoms with van der Waals surface area (Å²) in [6, 6.07) is 5.86. The van der Waals surface area contributed by atoms with Gasteiger partial charge in [-0.25, -0.2) is 9.79 Å². The van der Waals surface area contributed by atoms with Crippen molar-refractivity contribution in [1.82, 2.24) is 0 Å². The van der Waals surface area contributed by atoms with E-state index < -0.39 is 23.4 Å². The number of carboxylic acids is 1. The van der Waals surface area contributed by atoms with Gasteiger partial charge in [0.2, 0.25) is 0 Å². The van der Waals surface area contributed by atoms with Crippen LogP contribution in [0.3, 0.4) is 0 Å². The number of alkyl halides is 3. The van der Waals surface area contributed by atoms with Crippen LogP contribution >= 0.6 is 15.9 Å². The normalized spacial score (nSPS) is 13.5. The van der Waals surface area contributed by atoms with Crippen molar-refractivity contribution in [3.8, 4) is 0 Å². The molecule has 0 aromatic heterocycles. The molecule has 0 aliphatic heterocycles. The lowest BCUT2D eigenvalue weighted by atomic mass is 10.1. The molecule has 0 saturated heterocycles. The Balaban J connectivity index is 3.43. The molecular weight excluding hydrogens is 329 g/mol. The van der Waals surface area contributed by atoms with E-state index in [9.17, 15) is 18.0 Å². The number of benzene rings is 1. The summed E-state index contributed by atoms with van der Waals surface area (Å²) in [5.74, 6) is -1.80. The summed E-state index contributed by atoms with van der Waals surface area (Å²) in [6.07, 6.45) is -4.57. The number of hydrogen-bond acceptors (Lipinski definition) is 3. The SMILES string of the molecule is NC=C(C(=O)O)C(=Nc1ccccc1Br)C(F)(F)F. The number of aliphatic carboxylic acids is 1. The topological polar surface area (TPSA) is 75.7 Å². The van der Waals surface area contributed by atoms with Gasteiger partial charge in [-0.1, -0.05) is 12.1 Å². The number of nitrogens with zero attached hydrogens (tertiary/aromatic N) is 1. The molecule has 102 valence electrons. The van der Waals surface area contributed by atoms with Crippen LogP contribution in [-0.4, -0.2) is 23.0 Å². The number of aliphatic imine (C=N–C) groups is 1. The number of carboxylic acid groups (broad SMARTS) is 1. The largest absolute Gasteiger partial charge is 0.478 e. The van der Waals surface area contributed by atoms with Crippen LogP contribution in [0.1, 0.15) is 0 Å². The highest BCUT2D eigenvalue weighted by atomic mass is 79.9. The fourth-order valence-electron chi connectivity index (χ4n) is 1.19. The Morgan fingerprint density at radius 1 is 1.37 bits per heavy atom. The molecule has 0 atom stereocenters. The highest BCUT2D eigenvalue weighted by Gasteiger charge is 2.40. The van der Waals surface area contributed by atoms with Gasteiger partial charge in [-0.05, 0) is 28.1 Å². The number of para-hydroxylation sites is 1. The molecular formula is C11H8BrF3N2O2. The van der Waals surface area contributed by atoms with E-state index in [1.165, 1.54) is 18.2 Å². The summed E-state index contributed by atoms with van der Waals surface area (Å²) in [7, 11) is 0. The average Bonchev–Trinajstić information content (AvgIpc) is 2.29. The molecule has 0 radical (unpaired) electrons. The van der Waals surface area contributed by atoms with E-state index in [2.05, 4.69) is 20.9 Å². The number of hydrogen-bond donors (Lipinski definition) is 2. The molecule has 4 nitrogen and oxygen atoms in total. The van der Waals surface area contributed by atoms with Crippen LogP contribution < -0.4 is 5.73 Å². The maximum Gasteiger partial charge on any atom is 0.434 e. The van der Waals surface area contributed by atoms with Gasteiger partial charge in [-0.2, -0.15) is 13.2 Å². The van der Waals surface area contributed by atoms with Crippen LogP contribution in [0, 0.1) is 0 Å². The first-order valence-corrected chi connectivity index (χ1v) is 5.62. The minimum atomic E-state index is -4.93. The number of halogens is 4. The Labute approximate surface area is 114 Å². The fourth-order valence-corrected chi connectivity index (χ4v) is 1.56. The van der Waals surface area contributed by atoms with Crippen LogP contribution in [0.15, 0.2) is 45.5 Å². The Hall–Kier alpha value is -1.83. The summed E-state index contributed by atoms with van der Waals surface area (Å²) in [5, 5.41) is 8.71. The minimum absolute atomic E-state index is 0.0459. The van der Waals surface area contributed by atoms with Gasteiger partial charge in [0.1, 0.15) is 5.57 Å². The second kappa shape index (κ2) is 5.87. The Kier molecular flexibility index (Phi) is 4.71. The molecule has 0 fully saturated rings. The number of carbonyl (C=O) groups is 1. The molecule has 0 aliphatic rings. The first-order valence-electron chi connectivity index (χ1n) is 4.83. The molecule has 0 saturated carbocycles. The first-order chi connectivity index (χ1) is 8.77. The molecule has 1 aromatic carbocycles. The van der Waals surface area contributed by atoms with Crippen molar-refractivity contribution in [3.05, 3.63) is 40.5 Å². The van der Waals surface area contributed by atoms with Crippen molar-refractivity contribution in [2.75, 3.05) is 0 Å². The highest BCUT2D eigenvalue weighted by Crippen LogP contribution is 2.30. The number of rotatable bonds is 3. The maximum atomic E-state index is 12.8. The van der Waals surface area contributed by atoms with Gasteiger partial charge in [-0.15, -0.1) is 0 Å². The molecule has 19 heavy (non-hydrogen) atoms. The summed E-state index contributed by atoms with van der Waals surface area (Å²) in [4.78, 5) is 14.1. The predicted octanol–water partition coefficient (Wildman–Crippen LogP) is 3.01. The summed E-state index contributed by atoms with van der Waals surface area (Å²) < 4.78 is 38.8. The van der Waals surface area contributed by atoms with Gasteiger partial charge in [-0.3, -0.25) is 0 Å². The molecule has 8 heteroatoms. The van der Waals surface area contributed by atoms with Crippen LogP contribution in [0.5, 0.6) is 0 Å². The van der Waals surface area contributed by atoms with E-state index in [1.54, 1.807) is 6.07 Å². The quantitative estimate of drug-likeness (QED) is 0.658. The van der Waals surface area contributed by atoms with Gasteiger partial charge in [0.15, 0.2) is 5.71 Å². The molecule has 3 N–H and O–H groups in total. The zero-order valence-corrected chi connectivity index (χ0v) is 10.9. The first kappa shape index (κ1) is 15.2. The van der Waals surface area contributed by atoms with Crippen LogP contribution in [-0.2, 0) is 4.79 Å². The van der Waals surface area contributed by atoms with Crippen molar-refractivity contribution < 1.29 is 23.1 Å². The molecule has 0 spiro atoms. The maximum absolute atomic E-state index is 12.8. The Bertz CT molecular complexity index is 553. The highest BCUT2D eigenvalue weighted by molar-refractivity contribution is 9.10. The molecule has 0 heterocycles. The summed E-state index contributed by atoms with van der Waals surface area (Å²) in [5.41, 5.74) is 2.21. The lowest BCUT2D eigenvalue weighted by molar-refractivity contribution is -0.132. The van der Waals surface area contributed by atoms with Gasteiger partial charge in [0.25, 0.3) is 0 Å². The van der Waals surface area contributed by atoms with E-state index in [1.807, 2.05) is 0 Å². The van der Waals surface area contributed by atoms with Gasteiger partial charge in [0.05, 0.1) is 5.69 Å². The van der Waals surface area contributed by atoms with E-state index in [-0.39, 0.29) is 5.69 Å². The Morgan fingerprint density at radius 2 is 1.95 bits per heavy atom. The zero-order valence-electron chi connectivity index (χ0n) is 9.28. The van der Waals surface area contributed by atoms with E-state index in [0.29, 0.717) is 10.7 Å². The molecule has 1 aromatic rings. The van der Waals surface area contributed by atoms with Gasteiger partial charge >= 0.3 is 12.1 Å². The van der Waals surface area contributed by atoms with E-state index in [0.717, 1.165) is 0 Å². The van der Waals surface area contributed by atoms with E-state index in [4.69, 9.17) is 10.8 Å². The third kappa shape index (κ3) is 3.82. The van der Waals surface area contributed by atoms with Crippen molar-refractivity contribution in [2.24, 2.45) is 10.7 Å². The van der Waals surface area contributed by atoms with Gasteiger partial charge < -0.3 is 10.8 Å². The molecule has 0 bridgehead atoms. The second-order valence-corrected chi connectivity index (χ2v) is 4.15. The van der Waals surface area contributed by atoms with Gasteiger partial charge in [0, 0.05) is 10.7 Å². The summed E-state index contributed by atoms with van der Waals surface area (Å²) in [6.45, 7) is 0.